The minimum atomic E-state index is -0.518. The molecule has 0 unspecified atom stereocenters. The van der Waals surface area contributed by atoms with E-state index in [9.17, 15) is 9.59 Å². The predicted octanol–water partition coefficient (Wildman–Crippen LogP) is 3.80. The molecule has 1 heterocycles. The van der Waals surface area contributed by atoms with Crippen molar-refractivity contribution in [1.29, 1.82) is 0 Å². The lowest BCUT2D eigenvalue weighted by Gasteiger charge is -2.35. The van der Waals surface area contributed by atoms with Gasteiger partial charge in [0.1, 0.15) is 5.60 Å². The Morgan fingerprint density at radius 2 is 1.70 bits per heavy atom. The zero-order valence-corrected chi connectivity index (χ0v) is 15.8. The van der Waals surface area contributed by atoms with Crippen LogP contribution in [0.2, 0.25) is 5.02 Å². The molecule has 0 aromatic heterocycles. The SMILES string of the molecule is CC(C)(C)OC(=O)N1CCN(C(=O)c2cccc(Cl)c2Br)CC1. The summed E-state index contributed by atoms with van der Waals surface area (Å²) in [7, 11) is 0. The molecule has 1 saturated heterocycles. The molecule has 1 aliphatic rings. The summed E-state index contributed by atoms with van der Waals surface area (Å²) in [6, 6.07) is 5.21. The molecule has 0 atom stereocenters. The van der Waals surface area contributed by atoms with Crippen LogP contribution < -0.4 is 0 Å². The zero-order chi connectivity index (χ0) is 17.2. The summed E-state index contributed by atoms with van der Waals surface area (Å²) >= 11 is 9.39. The molecule has 0 spiro atoms. The maximum absolute atomic E-state index is 12.6. The minimum Gasteiger partial charge on any atom is -0.444 e. The lowest BCUT2D eigenvalue weighted by Crippen LogP contribution is -2.51. The lowest BCUT2D eigenvalue weighted by molar-refractivity contribution is 0.0141. The van der Waals surface area contributed by atoms with Crippen LogP contribution in [0.3, 0.4) is 0 Å². The molecular weight excluding hydrogens is 384 g/mol. The van der Waals surface area contributed by atoms with Gasteiger partial charge in [-0.05, 0) is 48.8 Å². The van der Waals surface area contributed by atoms with Gasteiger partial charge in [-0.2, -0.15) is 0 Å². The first-order valence-electron chi connectivity index (χ1n) is 7.40. The third-order valence-corrected chi connectivity index (χ3v) is 4.80. The minimum absolute atomic E-state index is 0.0942. The molecular formula is C16H20BrClN2O3. The number of halogens is 2. The summed E-state index contributed by atoms with van der Waals surface area (Å²) in [5.41, 5.74) is 0.0126. The number of rotatable bonds is 1. The number of amides is 2. The van der Waals surface area contributed by atoms with Gasteiger partial charge in [0.2, 0.25) is 0 Å². The van der Waals surface area contributed by atoms with E-state index in [1.165, 1.54) is 0 Å². The van der Waals surface area contributed by atoms with Crippen LogP contribution in [-0.2, 0) is 4.74 Å². The summed E-state index contributed by atoms with van der Waals surface area (Å²) in [5.74, 6) is -0.0942. The number of hydrogen-bond donors (Lipinski definition) is 0. The maximum atomic E-state index is 12.6. The van der Waals surface area contributed by atoms with Crippen molar-refractivity contribution in [2.45, 2.75) is 26.4 Å². The van der Waals surface area contributed by atoms with Gasteiger partial charge in [0.05, 0.1) is 10.6 Å². The third kappa shape index (κ3) is 4.61. The van der Waals surface area contributed by atoms with Crippen molar-refractivity contribution < 1.29 is 14.3 Å². The van der Waals surface area contributed by atoms with Crippen molar-refractivity contribution in [3.8, 4) is 0 Å². The van der Waals surface area contributed by atoms with Crippen molar-refractivity contribution in [1.82, 2.24) is 9.80 Å². The van der Waals surface area contributed by atoms with Crippen LogP contribution in [0, 0.1) is 0 Å². The Kier molecular flexibility index (Phi) is 5.57. The van der Waals surface area contributed by atoms with E-state index in [-0.39, 0.29) is 12.0 Å². The van der Waals surface area contributed by atoms with Crippen LogP contribution in [0.4, 0.5) is 4.79 Å². The van der Waals surface area contributed by atoms with E-state index in [0.717, 1.165) is 0 Å². The quantitative estimate of drug-likeness (QED) is 0.717. The van der Waals surface area contributed by atoms with E-state index < -0.39 is 5.60 Å². The first kappa shape index (κ1) is 18.1. The van der Waals surface area contributed by atoms with Crippen molar-refractivity contribution >= 4 is 39.5 Å². The Bertz CT molecular complexity index is 608. The van der Waals surface area contributed by atoms with Gasteiger partial charge in [-0.1, -0.05) is 17.7 Å². The Hall–Kier alpha value is -1.27. The maximum Gasteiger partial charge on any atom is 0.410 e. The molecule has 1 fully saturated rings. The number of benzene rings is 1. The van der Waals surface area contributed by atoms with E-state index in [0.29, 0.717) is 41.2 Å². The highest BCUT2D eigenvalue weighted by Gasteiger charge is 2.28. The van der Waals surface area contributed by atoms with Crippen LogP contribution in [-0.4, -0.2) is 53.6 Å². The van der Waals surface area contributed by atoms with E-state index in [2.05, 4.69) is 15.9 Å². The molecule has 23 heavy (non-hydrogen) atoms. The van der Waals surface area contributed by atoms with E-state index >= 15 is 0 Å². The standard InChI is InChI=1S/C16H20BrClN2O3/c1-16(2,3)23-15(22)20-9-7-19(8-10-20)14(21)11-5-4-6-12(18)13(11)17/h4-6H,7-10H2,1-3H3. The Morgan fingerprint density at radius 3 is 2.26 bits per heavy atom. The molecule has 5 nitrogen and oxygen atoms in total. The van der Waals surface area contributed by atoms with Gasteiger partial charge in [-0.3, -0.25) is 4.79 Å². The Balaban J connectivity index is 1.98. The normalized spacial score (nSPS) is 15.5. The van der Waals surface area contributed by atoms with Gasteiger partial charge in [0.25, 0.3) is 5.91 Å². The highest BCUT2D eigenvalue weighted by atomic mass is 79.9. The Labute approximate surface area is 149 Å². The molecule has 0 radical (unpaired) electrons. The van der Waals surface area contributed by atoms with Gasteiger partial charge in [-0.25, -0.2) is 4.79 Å². The fourth-order valence-electron chi connectivity index (χ4n) is 2.26. The van der Waals surface area contributed by atoms with E-state index in [1.807, 2.05) is 20.8 Å². The topological polar surface area (TPSA) is 49.9 Å². The highest BCUT2D eigenvalue weighted by molar-refractivity contribution is 9.10. The molecule has 126 valence electrons. The van der Waals surface area contributed by atoms with Crippen LogP contribution in [0.25, 0.3) is 0 Å². The molecule has 1 aliphatic heterocycles. The summed E-state index contributed by atoms with van der Waals surface area (Å²) < 4.78 is 5.95. The molecule has 0 N–H and O–H groups in total. The summed E-state index contributed by atoms with van der Waals surface area (Å²) in [6.07, 6.45) is -0.339. The van der Waals surface area contributed by atoms with Crippen molar-refractivity contribution in [2.75, 3.05) is 26.2 Å². The van der Waals surface area contributed by atoms with Crippen LogP contribution in [0.1, 0.15) is 31.1 Å². The van der Waals surface area contributed by atoms with Gasteiger partial charge in [-0.15, -0.1) is 0 Å². The number of nitrogens with zero attached hydrogens (tertiary/aromatic N) is 2. The molecule has 1 aromatic carbocycles. The van der Waals surface area contributed by atoms with Gasteiger partial charge < -0.3 is 14.5 Å². The molecule has 2 amide bonds. The lowest BCUT2D eigenvalue weighted by atomic mass is 10.2. The highest BCUT2D eigenvalue weighted by Crippen LogP contribution is 2.27. The van der Waals surface area contributed by atoms with E-state index in [1.54, 1.807) is 28.0 Å². The number of carbonyl (C=O) groups is 2. The third-order valence-electron chi connectivity index (χ3n) is 3.40. The largest absolute Gasteiger partial charge is 0.444 e. The van der Waals surface area contributed by atoms with Crippen molar-refractivity contribution in [2.24, 2.45) is 0 Å². The number of piperazine rings is 1. The average Bonchev–Trinajstić information content (AvgIpc) is 2.48. The fraction of sp³-hybridized carbons (Fsp3) is 0.500. The zero-order valence-electron chi connectivity index (χ0n) is 13.4. The fourth-order valence-corrected chi connectivity index (χ4v) is 2.87. The smallest absolute Gasteiger partial charge is 0.410 e. The molecule has 0 aliphatic carbocycles. The molecule has 2 rings (SSSR count). The average molecular weight is 404 g/mol. The first-order chi connectivity index (χ1) is 10.7. The second-order valence-electron chi connectivity index (χ2n) is 6.36. The summed E-state index contributed by atoms with van der Waals surface area (Å²) in [5, 5.41) is 0.503. The van der Waals surface area contributed by atoms with Gasteiger partial charge in [0.15, 0.2) is 0 Å². The van der Waals surface area contributed by atoms with Crippen LogP contribution in [0.5, 0.6) is 0 Å². The molecule has 1 aromatic rings. The first-order valence-corrected chi connectivity index (χ1v) is 8.57. The number of carbonyl (C=O) groups excluding carboxylic acids is 2. The van der Waals surface area contributed by atoms with Gasteiger partial charge in [0, 0.05) is 30.7 Å². The number of ether oxygens (including phenoxy) is 1. The van der Waals surface area contributed by atoms with E-state index in [4.69, 9.17) is 16.3 Å². The van der Waals surface area contributed by atoms with Crippen LogP contribution in [0.15, 0.2) is 22.7 Å². The second-order valence-corrected chi connectivity index (χ2v) is 7.56. The Morgan fingerprint density at radius 1 is 1.13 bits per heavy atom. The second kappa shape index (κ2) is 7.09. The van der Waals surface area contributed by atoms with Crippen molar-refractivity contribution in [3.63, 3.8) is 0 Å². The molecule has 0 saturated carbocycles. The summed E-state index contributed by atoms with van der Waals surface area (Å²) in [6.45, 7) is 7.36. The predicted molar refractivity (Wildman–Crippen MR) is 92.9 cm³/mol. The van der Waals surface area contributed by atoms with Crippen LogP contribution >= 0.6 is 27.5 Å². The van der Waals surface area contributed by atoms with Gasteiger partial charge >= 0.3 is 6.09 Å². The molecule has 7 heteroatoms. The summed E-state index contributed by atoms with van der Waals surface area (Å²) in [4.78, 5) is 28.0. The number of hydrogen-bond acceptors (Lipinski definition) is 3. The monoisotopic (exact) mass is 402 g/mol. The molecule has 0 bridgehead atoms. The van der Waals surface area contributed by atoms with Crippen molar-refractivity contribution in [3.05, 3.63) is 33.3 Å².